The predicted octanol–water partition coefficient (Wildman–Crippen LogP) is 4.89. The van der Waals surface area contributed by atoms with Gasteiger partial charge in [0.1, 0.15) is 0 Å². The summed E-state index contributed by atoms with van der Waals surface area (Å²) in [5, 5.41) is 2.85. The monoisotopic (exact) mass is 323 g/mol. The fourth-order valence-electron chi connectivity index (χ4n) is 2.39. The van der Waals surface area contributed by atoms with Crippen LogP contribution in [0.3, 0.4) is 0 Å². The minimum atomic E-state index is -0.140. The van der Waals surface area contributed by atoms with E-state index in [0.717, 1.165) is 11.3 Å². The van der Waals surface area contributed by atoms with Gasteiger partial charge in [0.25, 0.3) is 0 Å². The summed E-state index contributed by atoms with van der Waals surface area (Å²) < 4.78 is 0. The maximum absolute atomic E-state index is 12.1. The van der Waals surface area contributed by atoms with Crippen molar-refractivity contribution in [3.8, 4) is 0 Å². The summed E-state index contributed by atoms with van der Waals surface area (Å²) in [5.41, 5.74) is 3.83. The van der Waals surface area contributed by atoms with Gasteiger partial charge in [0.15, 0.2) is 5.78 Å². The zero-order valence-corrected chi connectivity index (χ0v) is 14.8. The molecule has 0 aliphatic rings. The molecular formula is C21H25NO2. The molecule has 0 unspecified atom stereocenters. The number of amides is 1. The molecule has 0 saturated carbocycles. The Balaban J connectivity index is 1.87. The van der Waals surface area contributed by atoms with Crippen molar-refractivity contribution in [2.24, 2.45) is 0 Å². The molecule has 2 aromatic rings. The van der Waals surface area contributed by atoms with Gasteiger partial charge in [0.2, 0.25) is 5.91 Å². The van der Waals surface area contributed by atoms with Gasteiger partial charge >= 0.3 is 0 Å². The highest BCUT2D eigenvalue weighted by Crippen LogP contribution is 2.23. The fourth-order valence-corrected chi connectivity index (χ4v) is 2.39. The number of hydrogen-bond acceptors (Lipinski definition) is 2. The first-order chi connectivity index (χ1) is 11.3. The molecule has 0 bridgehead atoms. The highest BCUT2D eigenvalue weighted by molar-refractivity contribution is 6.00. The highest BCUT2D eigenvalue weighted by atomic mass is 16.2. The molecule has 3 nitrogen and oxygen atoms in total. The Bertz CT molecular complexity index is 707. The van der Waals surface area contributed by atoms with Crippen LogP contribution in [0.1, 0.15) is 55.1 Å². The molecule has 24 heavy (non-hydrogen) atoms. The Labute approximate surface area is 144 Å². The van der Waals surface area contributed by atoms with Gasteiger partial charge in [0.05, 0.1) is 0 Å². The molecule has 1 N–H and O–H groups in total. The first kappa shape index (κ1) is 17.9. The van der Waals surface area contributed by atoms with Crippen LogP contribution in [-0.2, 0) is 10.2 Å². The van der Waals surface area contributed by atoms with E-state index < -0.39 is 0 Å². The number of hydrogen-bond donors (Lipinski definition) is 1. The maximum atomic E-state index is 12.1. The van der Waals surface area contributed by atoms with Gasteiger partial charge in [-0.15, -0.1) is 0 Å². The molecule has 1 amide bonds. The lowest BCUT2D eigenvalue weighted by atomic mass is 9.87. The maximum Gasteiger partial charge on any atom is 0.224 e. The zero-order chi connectivity index (χ0) is 17.7. The van der Waals surface area contributed by atoms with E-state index in [9.17, 15) is 9.59 Å². The molecular weight excluding hydrogens is 298 g/mol. The molecule has 0 fully saturated rings. The van der Waals surface area contributed by atoms with E-state index in [-0.39, 0.29) is 29.9 Å². The van der Waals surface area contributed by atoms with Gasteiger partial charge in [-0.2, -0.15) is 0 Å². The van der Waals surface area contributed by atoms with Gasteiger partial charge in [-0.1, -0.05) is 62.7 Å². The van der Waals surface area contributed by atoms with Gasteiger partial charge in [-0.05, 0) is 30.0 Å². The van der Waals surface area contributed by atoms with Crippen molar-refractivity contribution >= 4 is 17.4 Å². The van der Waals surface area contributed by atoms with Gasteiger partial charge in [-0.25, -0.2) is 0 Å². The Morgan fingerprint density at radius 3 is 2.00 bits per heavy atom. The minimum Gasteiger partial charge on any atom is -0.326 e. The number of carbonyl (C=O) groups is 2. The molecule has 3 heteroatoms. The van der Waals surface area contributed by atoms with Crippen molar-refractivity contribution in [2.45, 2.75) is 46.0 Å². The number of benzene rings is 2. The summed E-state index contributed by atoms with van der Waals surface area (Å²) in [4.78, 5) is 24.1. The Morgan fingerprint density at radius 2 is 1.46 bits per heavy atom. The second-order valence-corrected chi connectivity index (χ2v) is 7.16. The van der Waals surface area contributed by atoms with E-state index >= 15 is 0 Å². The first-order valence-corrected chi connectivity index (χ1v) is 8.26. The lowest BCUT2D eigenvalue weighted by Crippen LogP contribution is -2.14. The standard InChI is InChI=1S/C21H25NO2/c1-15-5-7-16(8-6-15)19(23)13-14-20(24)22-18-11-9-17(10-12-18)21(2,3)4/h5-12H,13-14H2,1-4H3,(H,22,24). The minimum absolute atomic E-state index is 0.00627. The molecule has 2 aromatic carbocycles. The third kappa shape index (κ3) is 5.05. The van der Waals surface area contributed by atoms with Crippen molar-refractivity contribution < 1.29 is 9.59 Å². The van der Waals surface area contributed by atoms with E-state index in [4.69, 9.17) is 0 Å². The molecule has 0 aromatic heterocycles. The first-order valence-electron chi connectivity index (χ1n) is 8.26. The molecule has 0 radical (unpaired) electrons. The number of carbonyl (C=O) groups excluding carboxylic acids is 2. The van der Waals surface area contributed by atoms with Gasteiger partial charge < -0.3 is 5.32 Å². The van der Waals surface area contributed by atoms with Crippen molar-refractivity contribution in [1.82, 2.24) is 0 Å². The molecule has 0 atom stereocenters. The number of aryl methyl sites for hydroxylation is 1. The Hall–Kier alpha value is -2.42. The zero-order valence-electron chi connectivity index (χ0n) is 14.8. The number of anilines is 1. The summed E-state index contributed by atoms with van der Waals surface area (Å²) in [6.07, 6.45) is 0.405. The Kier molecular flexibility index (Phi) is 5.55. The summed E-state index contributed by atoms with van der Waals surface area (Å²) in [5.74, 6) is -0.146. The molecule has 126 valence electrons. The van der Waals surface area contributed by atoms with Crippen LogP contribution < -0.4 is 5.32 Å². The lowest BCUT2D eigenvalue weighted by molar-refractivity contribution is -0.116. The second-order valence-electron chi connectivity index (χ2n) is 7.16. The van der Waals surface area contributed by atoms with Crippen LogP contribution in [0.25, 0.3) is 0 Å². The van der Waals surface area contributed by atoms with E-state index in [1.807, 2.05) is 43.3 Å². The third-order valence-electron chi connectivity index (χ3n) is 3.99. The van der Waals surface area contributed by atoms with Crippen LogP contribution in [0.4, 0.5) is 5.69 Å². The normalized spacial score (nSPS) is 11.2. The van der Waals surface area contributed by atoms with Crippen LogP contribution in [0.15, 0.2) is 48.5 Å². The van der Waals surface area contributed by atoms with E-state index in [0.29, 0.717) is 5.56 Å². The average molecular weight is 323 g/mol. The van der Waals surface area contributed by atoms with Gasteiger partial charge in [-0.3, -0.25) is 9.59 Å². The summed E-state index contributed by atoms with van der Waals surface area (Å²) in [7, 11) is 0. The summed E-state index contributed by atoms with van der Waals surface area (Å²) in [6, 6.07) is 15.3. The van der Waals surface area contributed by atoms with Crippen molar-refractivity contribution in [1.29, 1.82) is 0 Å². The SMILES string of the molecule is Cc1ccc(C(=O)CCC(=O)Nc2ccc(C(C)(C)C)cc2)cc1. The predicted molar refractivity (Wildman–Crippen MR) is 98.5 cm³/mol. The topological polar surface area (TPSA) is 46.2 Å². The number of Topliss-reactive ketones (excluding diaryl/α,β-unsaturated/α-hetero) is 1. The van der Waals surface area contributed by atoms with E-state index in [1.165, 1.54) is 5.56 Å². The van der Waals surface area contributed by atoms with Crippen LogP contribution in [0.2, 0.25) is 0 Å². The quantitative estimate of drug-likeness (QED) is 0.796. The van der Waals surface area contributed by atoms with Gasteiger partial charge in [0, 0.05) is 24.1 Å². The molecule has 0 aliphatic heterocycles. The van der Waals surface area contributed by atoms with E-state index in [1.54, 1.807) is 12.1 Å². The third-order valence-corrected chi connectivity index (χ3v) is 3.99. The molecule has 0 spiro atoms. The van der Waals surface area contributed by atoms with Crippen molar-refractivity contribution in [2.75, 3.05) is 5.32 Å². The molecule has 0 saturated heterocycles. The summed E-state index contributed by atoms with van der Waals surface area (Å²) in [6.45, 7) is 8.43. The summed E-state index contributed by atoms with van der Waals surface area (Å²) >= 11 is 0. The molecule has 0 heterocycles. The van der Waals surface area contributed by atoms with Crippen LogP contribution in [0, 0.1) is 6.92 Å². The van der Waals surface area contributed by atoms with Crippen molar-refractivity contribution in [3.63, 3.8) is 0 Å². The second kappa shape index (κ2) is 7.43. The van der Waals surface area contributed by atoms with Crippen LogP contribution in [-0.4, -0.2) is 11.7 Å². The largest absolute Gasteiger partial charge is 0.326 e. The smallest absolute Gasteiger partial charge is 0.224 e. The highest BCUT2D eigenvalue weighted by Gasteiger charge is 2.13. The van der Waals surface area contributed by atoms with Crippen LogP contribution >= 0.6 is 0 Å². The number of rotatable bonds is 5. The number of ketones is 1. The van der Waals surface area contributed by atoms with Crippen molar-refractivity contribution in [3.05, 3.63) is 65.2 Å². The lowest BCUT2D eigenvalue weighted by Gasteiger charge is -2.19. The van der Waals surface area contributed by atoms with E-state index in [2.05, 4.69) is 26.1 Å². The fraction of sp³-hybridized carbons (Fsp3) is 0.333. The van der Waals surface area contributed by atoms with Crippen LogP contribution in [0.5, 0.6) is 0 Å². The Morgan fingerprint density at radius 1 is 0.875 bits per heavy atom. The number of nitrogens with one attached hydrogen (secondary N) is 1. The molecule has 2 rings (SSSR count). The molecule has 0 aliphatic carbocycles. The average Bonchev–Trinajstić information content (AvgIpc) is 2.53.